The topological polar surface area (TPSA) is 47.6 Å². The highest BCUT2D eigenvalue weighted by molar-refractivity contribution is 5.97. The molecule has 1 aromatic carbocycles. The number of hydrogen-bond acceptors (Lipinski definition) is 3. The van der Waals surface area contributed by atoms with E-state index in [0.717, 1.165) is 0 Å². The Morgan fingerprint density at radius 2 is 1.94 bits per heavy atom. The molecule has 0 unspecified atom stereocenters. The molecule has 0 saturated heterocycles. The van der Waals surface area contributed by atoms with Crippen molar-refractivity contribution < 1.29 is 27.4 Å². The van der Waals surface area contributed by atoms with Gasteiger partial charge in [0.1, 0.15) is 18.0 Å². The number of halogens is 3. The van der Waals surface area contributed by atoms with Crippen molar-refractivity contribution in [3.63, 3.8) is 0 Å². The Morgan fingerprint density at radius 1 is 1.28 bits per heavy atom. The summed E-state index contributed by atoms with van der Waals surface area (Å²) in [6, 6.07) is 4.22. The van der Waals surface area contributed by atoms with Crippen LogP contribution in [0.2, 0.25) is 0 Å². The second kappa shape index (κ2) is 5.61. The lowest BCUT2D eigenvalue weighted by atomic mass is 10.1. The average Bonchev–Trinajstić information content (AvgIpc) is 2.34. The fourth-order valence-corrected chi connectivity index (χ4v) is 1.26. The first-order valence-electron chi connectivity index (χ1n) is 4.94. The van der Waals surface area contributed by atoms with Gasteiger partial charge in [0, 0.05) is 6.07 Å². The van der Waals surface area contributed by atoms with E-state index in [-0.39, 0.29) is 11.3 Å². The summed E-state index contributed by atoms with van der Waals surface area (Å²) in [5.74, 6) is -0.264. The first kappa shape index (κ1) is 14.1. The van der Waals surface area contributed by atoms with Gasteiger partial charge >= 0.3 is 6.18 Å². The number of alkyl halides is 3. The quantitative estimate of drug-likeness (QED) is 0.903. The molecule has 1 rings (SSSR count). The van der Waals surface area contributed by atoms with Crippen LogP contribution in [0.1, 0.15) is 10.4 Å². The Balaban J connectivity index is 2.85. The van der Waals surface area contributed by atoms with Crippen molar-refractivity contribution in [1.82, 2.24) is 5.32 Å². The zero-order valence-electron chi connectivity index (χ0n) is 9.80. The number of ether oxygens (including phenoxy) is 2. The van der Waals surface area contributed by atoms with Crippen LogP contribution in [0.25, 0.3) is 0 Å². The van der Waals surface area contributed by atoms with Crippen LogP contribution in [-0.4, -0.2) is 32.8 Å². The molecule has 0 fully saturated rings. The van der Waals surface area contributed by atoms with Gasteiger partial charge in [-0.2, -0.15) is 13.2 Å². The molecule has 0 radical (unpaired) electrons. The summed E-state index contributed by atoms with van der Waals surface area (Å²) < 4.78 is 45.7. The van der Waals surface area contributed by atoms with Crippen LogP contribution in [-0.2, 0) is 0 Å². The van der Waals surface area contributed by atoms with Gasteiger partial charge in [0.2, 0.25) is 0 Å². The zero-order chi connectivity index (χ0) is 13.8. The fraction of sp³-hybridized carbons (Fsp3) is 0.364. The van der Waals surface area contributed by atoms with Gasteiger partial charge in [0.15, 0.2) is 0 Å². The number of benzene rings is 1. The third-order valence-corrected chi connectivity index (χ3v) is 2.10. The van der Waals surface area contributed by atoms with E-state index in [0.29, 0.717) is 5.75 Å². The Labute approximate surface area is 102 Å². The average molecular weight is 263 g/mol. The van der Waals surface area contributed by atoms with Crippen LogP contribution in [0, 0.1) is 0 Å². The first-order valence-corrected chi connectivity index (χ1v) is 4.94. The molecule has 7 heteroatoms. The molecule has 100 valence electrons. The van der Waals surface area contributed by atoms with E-state index in [2.05, 4.69) is 0 Å². The van der Waals surface area contributed by atoms with Crippen molar-refractivity contribution >= 4 is 5.91 Å². The minimum Gasteiger partial charge on any atom is -0.497 e. The van der Waals surface area contributed by atoms with E-state index in [9.17, 15) is 18.0 Å². The number of methoxy groups -OCH3 is 2. The van der Waals surface area contributed by atoms with Crippen LogP contribution in [0.15, 0.2) is 18.2 Å². The molecule has 0 aliphatic rings. The predicted molar refractivity (Wildman–Crippen MR) is 57.9 cm³/mol. The smallest absolute Gasteiger partial charge is 0.405 e. The molecule has 0 bridgehead atoms. The molecule has 0 saturated carbocycles. The Bertz CT molecular complexity index is 432. The molecule has 0 heterocycles. The first-order chi connectivity index (χ1) is 8.37. The summed E-state index contributed by atoms with van der Waals surface area (Å²) in [6.07, 6.45) is -4.45. The summed E-state index contributed by atoms with van der Waals surface area (Å²) in [6.45, 7) is -1.39. The number of amides is 1. The number of carbonyl (C=O) groups is 1. The molecular formula is C11H12F3NO3. The zero-order valence-corrected chi connectivity index (χ0v) is 9.80. The van der Waals surface area contributed by atoms with Crippen molar-refractivity contribution in [3.8, 4) is 11.5 Å². The van der Waals surface area contributed by atoms with E-state index in [1.807, 2.05) is 0 Å². The van der Waals surface area contributed by atoms with E-state index in [1.165, 1.54) is 32.4 Å². The largest absolute Gasteiger partial charge is 0.497 e. The Kier molecular flexibility index (Phi) is 4.41. The maximum absolute atomic E-state index is 12.0. The number of nitrogens with one attached hydrogen (secondary N) is 1. The molecule has 4 nitrogen and oxygen atoms in total. The molecule has 18 heavy (non-hydrogen) atoms. The number of rotatable bonds is 4. The number of hydrogen-bond donors (Lipinski definition) is 1. The van der Waals surface area contributed by atoms with Crippen LogP contribution >= 0.6 is 0 Å². The third-order valence-electron chi connectivity index (χ3n) is 2.10. The van der Waals surface area contributed by atoms with E-state index in [1.54, 1.807) is 5.32 Å². The molecule has 0 aliphatic carbocycles. The molecule has 1 N–H and O–H groups in total. The lowest BCUT2D eigenvalue weighted by molar-refractivity contribution is -0.123. The van der Waals surface area contributed by atoms with Crippen LogP contribution in [0.3, 0.4) is 0 Å². The molecule has 0 aromatic heterocycles. The second-order valence-corrected chi connectivity index (χ2v) is 3.36. The summed E-state index contributed by atoms with van der Waals surface area (Å²) in [5.41, 5.74) is 0.0163. The van der Waals surface area contributed by atoms with Gasteiger partial charge < -0.3 is 14.8 Å². The summed E-state index contributed by atoms with van der Waals surface area (Å²) in [4.78, 5) is 11.5. The van der Waals surface area contributed by atoms with Crippen molar-refractivity contribution in [2.24, 2.45) is 0 Å². The minimum atomic E-state index is -4.45. The lowest BCUT2D eigenvalue weighted by Gasteiger charge is -2.11. The van der Waals surface area contributed by atoms with E-state index < -0.39 is 18.6 Å². The summed E-state index contributed by atoms with van der Waals surface area (Å²) in [7, 11) is 2.74. The van der Waals surface area contributed by atoms with E-state index in [4.69, 9.17) is 9.47 Å². The van der Waals surface area contributed by atoms with Gasteiger partial charge in [-0.15, -0.1) is 0 Å². The molecule has 1 amide bonds. The highest BCUT2D eigenvalue weighted by Gasteiger charge is 2.28. The van der Waals surface area contributed by atoms with Crippen molar-refractivity contribution in [3.05, 3.63) is 23.8 Å². The maximum atomic E-state index is 12.0. The molecular weight excluding hydrogens is 251 g/mol. The lowest BCUT2D eigenvalue weighted by Crippen LogP contribution is -2.33. The maximum Gasteiger partial charge on any atom is 0.405 e. The van der Waals surface area contributed by atoms with Crippen LogP contribution < -0.4 is 14.8 Å². The molecule has 0 aliphatic heterocycles. The van der Waals surface area contributed by atoms with Gasteiger partial charge in [-0.1, -0.05) is 0 Å². The highest BCUT2D eigenvalue weighted by Crippen LogP contribution is 2.24. The predicted octanol–water partition coefficient (Wildman–Crippen LogP) is 2.00. The van der Waals surface area contributed by atoms with Gasteiger partial charge in [0.05, 0.1) is 19.8 Å². The standard InChI is InChI=1S/C11H12F3NO3/c1-17-7-3-4-8(9(5-7)18-2)10(16)15-6-11(12,13)14/h3-5H,6H2,1-2H3,(H,15,16). The number of carbonyl (C=O) groups excluding carboxylic acids is 1. The monoisotopic (exact) mass is 263 g/mol. The van der Waals surface area contributed by atoms with Gasteiger partial charge in [-0.25, -0.2) is 0 Å². The van der Waals surface area contributed by atoms with Gasteiger partial charge in [0.25, 0.3) is 5.91 Å². The third kappa shape index (κ3) is 3.83. The van der Waals surface area contributed by atoms with Crippen LogP contribution in [0.5, 0.6) is 11.5 Å². The fourth-order valence-electron chi connectivity index (χ4n) is 1.26. The molecule has 0 spiro atoms. The van der Waals surface area contributed by atoms with Crippen molar-refractivity contribution in [1.29, 1.82) is 0 Å². The summed E-state index contributed by atoms with van der Waals surface area (Å²) in [5, 5.41) is 1.77. The molecule has 0 atom stereocenters. The van der Waals surface area contributed by atoms with Crippen LogP contribution in [0.4, 0.5) is 13.2 Å². The Morgan fingerprint density at radius 3 is 2.44 bits per heavy atom. The van der Waals surface area contributed by atoms with Crippen molar-refractivity contribution in [2.75, 3.05) is 20.8 Å². The second-order valence-electron chi connectivity index (χ2n) is 3.36. The Hall–Kier alpha value is -1.92. The van der Waals surface area contributed by atoms with Gasteiger partial charge in [-0.3, -0.25) is 4.79 Å². The minimum absolute atomic E-state index is 0.0163. The van der Waals surface area contributed by atoms with Crippen molar-refractivity contribution in [2.45, 2.75) is 6.18 Å². The SMILES string of the molecule is COc1ccc(C(=O)NCC(F)(F)F)c(OC)c1. The van der Waals surface area contributed by atoms with E-state index >= 15 is 0 Å². The molecule has 1 aromatic rings. The van der Waals surface area contributed by atoms with Gasteiger partial charge in [-0.05, 0) is 12.1 Å². The highest BCUT2D eigenvalue weighted by atomic mass is 19.4. The normalized spacial score (nSPS) is 10.9. The summed E-state index contributed by atoms with van der Waals surface area (Å²) >= 11 is 0.